The van der Waals surface area contributed by atoms with Crippen LogP contribution < -0.4 is 15.4 Å². The molecule has 62 heavy (non-hydrogen) atoms. The monoisotopic (exact) mass is 968 g/mol. The van der Waals surface area contributed by atoms with Crippen molar-refractivity contribution in [1.82, 2.24) is 9.97 Å². The second-order valence-corrected chi connectivity index (χ2v) is 17.7. The Balaban J connectivity index is 1.65. The molecule has 25 nitrogen and oxygen atoms in total. The van der Waals surface area contributed by atoms with E-state index in [0.717, 1.165) is 30.3 Å². The third-order valence-electron chi connectivity index (χ3n) is 7.55. The molecule has 5 rings (SSSR count). The Labute approximate surface area is 355 Å². The summed E-state index contributed by atoms with van der Waals surface area (Å²) in [6.45, 7) is -0.410. The van der Waals surface area contributed by atoms with Crippen LogP contribution in [0.3, 0.4) is 0 Å². The molecule has 1 aromatic heterocycles. The zero-order chi connectivity index (χ0) is 45.2. The van der Waals surface area contributed by atoms with Crippen LogP contribution in [0.2, 0.25) is 0 Å². The summed E-state index contributed by atoms with van der Waals surface area (Å²) >= 11 is 0.390. The number of anilines is 3. The fourth-order valence-electron chi connectivity index (χ4n) is 5.01. The number of azo groups is 2. The fourth-order valence-corrected chi connectivity index (χ4v) is 7.86. The number of methoxy groups -OCH3 is 1. The van der Waals surface area contributed by atoms with Gasteiger partial charge in [-0.05, 0) is 54.6 Å². The van der Waals surface area contributed by atoms with Gasteiger partial charge in [0.25, 0.3) is 20.2 Å². The first-order valence-corrected chi connectivity index (χ1v) is 22.2. The molecule has 0 fully saturated rings. The number of aromatic hydroxyl groups is 1. The fraction of sp³-hybridized carbons (Fsp3) is 0.133. The average Bonchev–Trinajstić information content (AvgIpc) is 3.20. The van der Waals surface area contributed by atoms with E-state index in [-0.39, 0.29) is 73.4 Å². The van der Waals surface area contributed by atoms with Crippen molar-refractivity contribution in [1.29, 1.82) is 0 Å². The number of sulfone groups is 1. The van der Waals surface area contributed by atoms with Gasteiger partial charge < -0.3 is 20.5 Å². The zero-order valence-electron chi connectivity index (χ0n) is 30.5. The molecule has 0 saturated heterocycles. The van der Waals surface area contributed by atoms with Gasteiger partial charge in [-0.15, -0.1) is 29.1 Å². The van der Waals surface area contributed by atoms with E-state index in [1.54, 1.807) is 0 Å². The molecule has 0 aliphatic heterocycles. The summed E-state index contributed by atoms with van der Waals surface area (Å²) in [5, 5.41) is 56.5. The van der Waals surface area contributed by atoms with Gasteiger partial charge in [-0.1, -0.05) is 10.1 Å². The van der Waals surface area contributed by atoms with Crippen LogP contribution in [0.4, 0.5) is 48.7 Å². The quantitative estimate of drug-likeness (QED) is 0.00574. The van der Waals surface area contributed by atoms with Crippen molar-refractivity contribution < 1.29 is 86.4 Å². The normalized spacial score (nSPS) is 12.4. The number of fused-ring (bicyclic) bond motifs is 1. The number of hydrogen-bond acceptors (Lipinski definition) is 25. The number of aromatic nitrogens is 2. The highest BCUT2D eigenvalue weighted by molar-refractivity contribution is 7.94. The molecule has 0 aliphatic rings. The van der Waals surface area contributed by atoms with Crippen LogP contribution in [0, 0.1) is 12.0 Å². The van der Waals surface area contributed by atoms with Gasteiger partial charge in [0.1, 0.15) is 45.1 Å². The molecule has 0 amide bonds. The number of nitrogens with one attached hydrogen (secondary N) is 2. The van der Waals surface area contributed by atoms with Crippen LogP contribution in [0.15, 0.2) is 95.8 Å². The number of rotatable bonds is 21. The Morgan fingerprint density at radius 2 is 1.53 bits per heavy atom. The van der Waals surface area contributed by atoms with E-state index in [9.17, 15) is 48.2 Å². The van der Waals surface area contributed by atoms with E-state index >= 15 is 0 Å². The lowest BCUT2D eigenvalue weighted by atomic mass is 10.1. The Morgan fingerprint density at radius 3 is 2.21 bits per heavy atom. The third-order valence-corrected chi connectivity index (χ3v) is 11.6. The molecule has 0 radical (unpaired) electrons. The molecule has 332 valence electrons. The van der Waals surface area contributed by atoms with E-state index in [4.69, 9.17) is 19.4 Å². The van der Waals surface area contributed by atoms with Crippen molar-refractivity contribution >= 4 is 105 Å². The molecule has 0 bridgehead atoms. The van der Waals surface area contributed by atoms with E-state index < -0.39 is 88.2 Å². The molecule has 0 unspecified atom stereocenters. The predicted octanol–water partition coefficient (Wildman–Crippen LogP) is 6.90. The highest BCUT2D eigenvalue weighted by atomic mass is 32.2. The van der Waals surface area contributed by atoms with E-state index in [0.29, 0.717) is 6.07 Å². The van der Waals surface area contributed by atoms with Gasteiger partial charge in [-0.25, -0.2) is 18.9 Å². The van der Waals surface area contributed by atoms with Crippen molar-refractivity contribution in [2.45, 2.75) is 14.7 Å². The largest absolute Gasteiger partial charge is 0.505 e. The lowest BCUT2D eigenvalue weighted by Crippen LogP contribution is -2.13. The van der Waals surface area contributed by atoms with Crippen molar-refractivity contribution in [3.05, 3.63) is 72.7 Å². The second-order valence-electron chi connectivity index (χ2n) is 11.5. The summed E-state index contributed by atoms with van der Waals surface area (Å²) in [4.78, 5) is 4.89. The number of halogens is 2. The minimum absolute atomic E-state index is 0.00886. The first-order valence-electron chi connectivity index (χ1n) is 16.1. The van der Waals surface area contributed by atoms with Crippen molar-refractivity contribution in [3.63, 3.8) is 0 Å². The van der Waals surface area contributed by atoms with Crippen LogP contribution in [0.1, 0.15) is 0 Å². The van der Waals surface area contributed by atoms with Crippen LogP contribution in [-0.4, -0.2) is 85.3 Å². The lowest BCUT2D eigenvalue weighted by Gasteiger charge is -2.14. The minimum atomic E-state index is -5.05. The summed E-state index contributed by atoms with van der Waals surface area (Å²) in [6.07, 6.45) is -1.44. The first-order chi connectivity index (χ1) is 29.3. The molecule has 32 heteroatoms. The average molecular weight is 969 g/mol. The summed E-state index contributed by atoms with van der Waals surface area (Å²) in [5.41, 5.74) is -1.91. The van der Waals surface area contributed by atoms with Gasteiger partial charge in [0, 0.05) is 22.5 Å². The van der Waals surface area contributed by atoms with Gasteiger partial charge in [0.05, 0.1) is 47.0 Å². The predicted molar refractivity (Wildman–Crippen MR) is 210 cm³/mol. The second kappa shape index (κ2) is 20.7. The Morgan fingerprint density at radius 1 is 0.806 bits per heavy atom. The minimum Gasteiger partial charge on any atom is -0.505 e. The van der Waals surface area contributed by atoms with Gasteiger partial charge in [-0.3, -0.25) is 13.3 Å². The lowest BCUT2D eigenvalue weighted by molar-refractivity contribution is -0.434. The molecule has 0 aliphatic carbocycles. The Hall–Kier alpha value is -5.33. The first kappa shape index (κ1) is 47.7. The van der Waals surface area contributed by atoms with Gasteiger partial charge in [-0.2, -0.15) is 35.6 Å². The van der Waals surface area contributed by atoms with Crippen molar-refractivity contribution in [2.24, 2.45) is 20.5 Å². The van der Waals surface area contributed by atoms with Gasteiger partial charge in [0.15, 0.2) is 27.9 Å². The van der Waals surface area contributed by atoms with Gasteiger partial charge in [0.2, 0.25) is 5.95 Å². The number of nitrogens with zero attached hydrogens (tertiary/aromatic N) is 6. The van der Waals surface area contributed by atoms with Crippen LogP contribution in [-0.2, 0) is 53.0 Å². The van der Waals surface area contributed by atoms with Crippen LogP contribution >= 0.6 is 24.4 Å². The maximum absolute atomic E-state index is 13.7. The highest BCUT2D eigenvalue weighted by Gasteiger charge is 2.23. The zero-order valence-corrected chi connectivity index (χ0v) is 34.6. The SMILES string of the molecule is COc1ccc(S(=O)(=O)CCOSOOO)cc1/N=N/c1c(SOOO)cc2c(/N=N/c3cc(Nc4cc(F)nc(F)n4)ccc3S(=O)(=O)O)c(NCS(=O)(=O)O)ccc2c1O. The molecular weight excluding hydrogens is 943 g/mol. The molecule has 0 saturated carbocycles. The molecular formula is C30H26F2N8O17S5. The number of phenols is 1. The Bertz CT molecular complexity index is 2840. The molecule has 7 N–H and O–H groups in total. The summed E-state index contributed by atoms with van der Waals surface area (Å²) < 4.78 is 140. The van der Waals surface area contributed by atoms with E-state index in [2.05, 4.69) is 59.8 Å². The van der Waals surface area contributed by atoms with E-state index in [1.165, 1.54) is 31.4 Å². The van der Waals surface area contributed by atoms with E-state index in [1.807, 2.05) is 0 Å². The third kappa shape index (κ3) is 12.6. The topological polar surface area (TPSA) is 358 Å². The number of ether oxygens (including phenoxy) is 1. The molecule has 4 aromatic carbocycles. The number of hydrogen-bond donors (Lipinski definition) is 7. The standard InChI is InChI=1S/C30H26F2N8O17S5/c1-52-22-6-3-16(60(44,45)9-8-53-59-57-55-43)11-20(22)37-40-28-23(58-56-54-42)12-18-17(29(28)41)4-5-19(33-14-61(46,47)48)27(18)39-38-21-10-15(2-7-24(21)62(49,50)51)34-26-13-25(31)35-30(32)36-26/h2-7,10-13,33,41-43H,8-9,14H2,1H3,(H,34,35,36)(H,46,47,48)(H,49,50,51)/b39-38+,40-37+. The summed E-state index contributed by atoms with van der Waals surface area (Å²) in [5.74, 6) is -4.06. The molecule has 1 heterocycles. The van der Waals surface area contributed by atoms with Crippen LogP contribution in [0.25, 0.3) is 10.8 Å². The molecule has 0 spiro atoms. The van der Waals surface area contributed by atoms with Crippen molar-refractivity contribution in [3.8, 4) is 11.5 Å². The molecule has 0 atom stereocenters. The maximum atomic E-state index is 13.7. The summed E-state index contributed by atoms with van der Waals surface area (Å²) in [6, 6.07) is 10.7. The number of benzene rings is 4. The van der Waals surface area contributed by atoms with Crippen LogP contribution in [0.5, 0.6) is 11.5 Å². The number of phenolic OH excluding ortho intramolecular Hbond substituents is 1. The summed E-state index contributed by atoms with van der Waals surface area (Å²) in [7, 11) is -12.6. The molecule has 5 aromatic rings. The highest BCUT2D eigenvalue weighted by Crippen LogP contribution is 2.49. The van der Waals surface area contributed by atoms with Crippen molar-refractivity contribution in [2.75, 3.05) is 36.0 Å². The van der Waals surface area contributed by atoms with Gasteiger partial charge >= 0.3 is 6.08 Å². The smallest absolute Gasteiger partial charge is 0.313 e. The Kier molecular flexibility index (Phi) is 15.9. The maximum Gasteiger partial charge on any atom is 0.313 e.